The SMILES string of the molecule is CC(C)NCC1(CN(C)Cc2ccco2)CCOC1. The van der Waals surface area contributed by atoms with E-state index in [0.717, 1.165) is 45.0 Å². The molecule has 1 aromatic rings. The summed E-state index contributed by atoms with van der Waals surface area (Å²) in [5.41, 5.74) is 0.242. The van der Waals surface area contributed by atoms with Crippen LogP contribution >= 0.6 is 0 Å². The fourth-order valence-corrected chi connectivity index (χ4v) is 2.69. The summed E-state index contributed by atoms with van der Waals surface area (Å²) < 4.78 is 11.0. The molecule has 1 aliphatic rings. The fourth-order valence-electron chi connectivity index (χ4n) is 2.69. The van der Waals surface area contributed by atoms with Crippen molar-refractivity contribution < 1.29 is 9.15 Å². The van der Waals surface area contributed by atoms with Gasteiger partial charge in [-0.05, 0) is 25.6 Å². The molecule has 0 radical (unpaired) electrons. The molecule has 0 aliphatic carbocycles. The normalized spacial score (nSPS) is 23.6. The first-order valence-corrected chi connectivity index (χ1v) is 7.12. The lowest BCUT2D eigenvalue weighted by Gasteiger charge is -2.33. The molecule has 1 aliphatic heterocycles. The third-order valence-electron chi connectivity index (χ3n) is 3.68. The lowest BCUT2D eigenvalue weighted by atomic mass is 9.86. The smallest absolute Gasteiger partial charge is 0.117 e. The predicted octanol–water partition coefficient (Wildman–Crippen LogP) is 2.12. The van der Waals surface area contributed by atoms with Gasteiger partial charge < -0.3 is 14.5 Å². The molecule has 1 aromatic heterocycles. The van der Waals surface area contributed by atoms with E-state index in [1.165, 1.54) is 0 Å². The van der Waals surface area contributed by atoms with Crippen LogP contribution in [0.5, 0.6) is 0 Å². The van der Waals surface area contributed by atoms with Gasteiger partial charge in [-0.25, -0.2) is 0 Å². The summed E-state index contributed by atoms with van der Waals surface area (Å²) in [4.78, 5) is 2.33. The van der Waals surface area contributed by atoms with Gasteiger partial charge in [0.15, 0.2) is 0 Å². The Labute approximate surface area is 116 Å². The van der Waals surface area contributed by atoms with Crippen molar-refractivity contribution in [2.45, 2.75) is 32.9 Å². The summed E-state index contributed by atoms with van der Waals surface area (Å²) in [6.07, 6.45) is 2.87. The van der Waals surface area contributed by atoms with Gasteiger partial charge in [-0.15, -0.1) is 0 Å². The first-order valence-electron chi connectivity index (χ1n) is 7.12. The monoisotopic (exact) mass is 266 g/mol. The number of hydrogen-bond acceptors (Lipinski definition) is 4. The summed E-state index contributed by atoms with van der Waals surface area (Å²) in [5.74, 6) is 1.02. The molecule has 1 N–H and O–H groups in total. The second-order valence-corrected chi connectivity index (χ2v) is 6.09. The quantitative estimate of drug-likeness (QED) is 0.820. The number of ether oxygens (including phenoxy) is 1. The van der Waals surface area contributed by atoms with E-state index in [2.05, 4.69) is 31.1 Å². The second-order valence-electron chi connectivity index (χ2n) is 6.09. The predicted molar refractivity (Wildman–Crippen MR) is 76.0 cm³/mol. The van der Waals surface area contributed by atoms with Crippen molar-refractivity contribution in [1.82, 2.24) is 10.2 Å². The third kappa shape index (κ3) is 4.34. The van der Waals surface area contributed by atoms with Gasteiger partial charge in [-0.2, -0.15) is 0 Å². The highest BCUT2D eigenvalue weighted by molar-refractivity contribution is 4.98. The minimum Gasteiger partial charge on any atom is -0.468 e. The number of furan rings is 1. The maximum Gasteiger partial charge on any atom is 0.117 e. The van der Waals surface area contributed by atoms with Crippen molar-refractivity contribution in [3.63, 3.8) is 0 Å². The molecule has 1 atom stereocenters. The average Bonchev–Trinajstić information content (AvgIpc) is 2.99. The van der Waals surface area contributed by atoms with Crippen LogP contribution in [-0.4, -0.2) is 44.3 Å². The Morgan fingerprint density at radius 3 is 2.89 bits per heavy atom. The van der Waals surface area contributed by atoms with Gasteiger partial charge in [-0.1, -0.05) is 13.8 Å². The average molecular weight is 266 g/mol. The Hall–Kier alpha value is -0.840. The summed E-state index contributed by atoms with van der Waals surface area (Å²) in [6.45, 7) is 9.03. The first-order chi connectivity index (χ1) is 9.10. The molecule has 0 bridgehead atoms. The van der Waals surface area contributed by atoms with Crippen LogP contribution in [0.3, 0.4) is 0 Å². The zero-order valence-corrected chi connectivity index (χ0v) is 12.3. The van der Waals surface area contributed by atoms with Crippen molar-refractivity contribution in [2.24, 2.45) is 5.41 Å². The summed E-state index contributed by atoms with van der Waals surface area (Å²) >= 11 is 0. The minimum absolute atomic E-state index is 0.242. The van der Waals surface area contributed by atoms with E-state index >= 15 is 0 Å². The van der Waals surface area contributed by atoms with Crippen molar-refractivity contribution in [2.75, 3.05) is 33.4 Å². The van der Waals surface area contributed by atoms with Crippen LogP contribution < -0.4 is 5.32 Å². The molecule has 0 aromatic carbocycles. The molecule has 4 nitrogen and oxygen atoms in total. The first kappa shape index (κ1) is 14.6. The molecule has 2 rings (SSSR count). The van der Waals surface area contributed by atoms with Crippen LogP contribution in [0, 0.1) is 5.41 Å². The lowest BCUT2D eigenvalue weighted by Crippen LogP contribution is -2.45. The van der Waals surface area contributed by atoms with Crippen molar-refractivity contribution in [1.29, 1.82) is 0 Å². The van der Waals surface area contributed by atoms with E-state index in [1.54, 1.807) is 6.26 Å². The Morgan fingerprint density at radius 1 is 1.47 bits per heavy atom. The second kappa shape index (κ2) is 6.55. The van der Waals surface area contributed by atoms with E-state index in [4.69, 9.17) is 9.15 Å². The molecule has 19 heavy (non-hydrogen) atoms. The van der Waals surface area contributed by atoms with Gasteiger partial charge >= 0.3 is 0 Å². The topological polar surface area (TPSA) is 37.6 Å². The van der Waals surface area contributed by atoms with Gasteiger partial charge in [0.05, 0.1) is 19.4 Å². The standard InChI is InChI=1S/C15H26N2O2/c1-13(2)16-10-15(6-8-18-12-15)11-17(3)9-14-5-4-7-19-14/h4-5,7,13,16H,6,8-12H2,1-3H3. The maximum absolute atomic E-state index is 5.64. The van der Waals surface area contributed by atoms with Crippen LogP contribution in [0.15, 0.2) is 22.8 Å². The van der Waals surface area contributed by atoms with E-state index in [-0.39, 0.29) is 5.41 Å². The van der Waals surface area contributed by atoms with E-state index in [0.29, 0.717) is 6.04 Å². The van der Waals surface area contributed by atoms with Gasteiger partial charge in [0.2, 0.25) is 0 Å². The van der Waals surface area contributed by atoms with Gasteiger partial charge in [0.1, 0.15) is 5.76 Å². The minimum atomic E-state index is 0.242. The Morgan fingerprint density at radius 2 is 2.32 bits per heavy atom. The zero-order valence-electron chi connectivity index (χ0n) is 12.3. The Balaban J connectivity index is 1.88. The molecule has 0 saturated carbocycles. The lowest BCUT2D eigenvalue weighted by molar-refractivity contribution is 0.112. The largest absolute Gasteiger partial charge is 0.468 e. The maximum atomic E-state index is 5.64. The van der Waals surface area contributed by atoms with Gasteiger partial charge in [0.25, 0.3) is 0 Å². The number of nitrogens with one attached hydrogen (secondary N) is 1. The summed E-state index contributed by atoms with van der Waals surface area (Å²) in [5, 5.41) is 3.56. The van der Waals surface area contributed by atoms with Gasteiger partial charge in [-0.3, -0.25) is 4.90 Å². The molecule has 1 unspecified atom stereocenters. The van der Waals surface area contributed by atoms with Crippen LogP contribution in [0.1, 0.15) is 26.0 Å². The molecule has 2 heterocycles. The van der Waals surface area contributed by atoms with Crippen LogP contribution in [0.4, 0.5) is 0 Å². The highest BCUT2D eigenvalue weighted by Crippen LogP contribution is 2.29. The summed E-state index contributed by atoms with van der Waals surface area (Å²) in [7, 11) is 2.15. The van der Waals surface area contributed by atoms with Gasteiger partial charge in [0, 0.05) is 31.2 Å². The molecule has 4 heteroatoms. The van der Waals surface area contributed by atoms with Crippen molar-refractivity contribution in [3.8, 4) is 0 Å². The molecular weight excluding hydrogens is 240 g/mol. The number of rotatable bonds is 7. The van der Waals surface area contributed by atoms with Crippen LogP contribution in [0.25, 0.3) is 0 Å². The molecule has 1 saturated heterocycles. The zero-order chi connectivity index (χ0) is 13.7. The van der Waals surface area contributed by atoms with Crippen LogP contribution in [-0.2, 0) is 11.3 Å². The van der Waals surface area contributed by atoms with Crippen LogP contribution in [0.2, 0.25) is 0 Å². The number of nitrogens with zero attached hydrogens (tertiary/aromatic N) is 1. The van der Waals surface area contributed by atoms with E-state index in [1.807, 2.05) is 12.1 Å². The van der Waals surface area contributed by atoms with Crippen molar-refractivity contribution >= 4 is 0 Å². The Kier molecular flexibility index (Phi) is 5.02. The molecule has 108 valence electrons. The van der Waals surface area contributed by atoms with E-state index in [9.17, 15) is 0 Å². The highest BCUT2D eigenvalue weighted by Gasteiger charge is 2.35. The van der Waals surface area contributed by atoms with Crippen molar-refractivity contribution in [3.05, 3.63) is 24.2 Å². The number of hydrogen-bond donors (Lipinski definition) is 1. The highest BCUT2D eigenvalue weighted by atomic mass is 16.5. The summed E-state index contributed by atoms with van der Waals surface area (Å²) in [6, 6.07) is 4.49. The molecule has 0 amide bonds. The third-order valence-corrected chi connectivity index (χ3v) is 3.68. The Bertz CT molecular complexity index is 356. The molecule has 0 spiro atoms. The molecular formula is C15H26N2O2. The molecule has 1 fully saturated rings. The fraction of sp³-hybridized carbons (Fsp3) is 0.733. The van der Waals surface area contributed by atoms with E-state index < -0.39 is 0 Å².